The van der Waals surface area contributed by atoms with E-state index in [9.17, 15) is 13.6 Å². The fraction of sp³-hybridized carbons (Fsp3) is 0.167. The van der Waals surface area contributed by atoms with Crippen LogP contribution in [-0.4, -0.2) is 20.7 Å². The standard InChI is InChI=1S/C18H16F2N4O/c1-13-6-5-9-16(22-13)18(19,20)17(25)21-12-14-10-11-24(23-14)15-7-3-2-4-8-15/h2-11H,12H2,1H3,(H,21,25). The van der Waals surface area contributed by atoms with Crippen molar-refractivity contribution >= 4 is 5.91 Å². The summed E-state index contributed by atoms with van der Waals surface area (Å²) in [6, 6.07) is 15.2. The minimum absolute atomic E-state index is 0.0972. The predicted octanol–water partition coefficient (Wildman–Crippen LogP) is 2.98. The van der Waals surface area contributed by atoms with Crippen LogP contribution in [0.1, 0.15) is 17.1 Å². The lowest BCUT2D eigenvalue weighted by molar-refractivity contribution is -0.147. The lowest BCUT2D eigenvalue weighted by atomic mass is 10.2. The Hall–Kier alpha value is -3.09. The molecule has 25 heavy (non-hydrogen) atoms. The third kappa shape index (κ3) is 3.71. The predicted molar refractivity (Wildman–Crippen MR) is 88.3 cm³/mol. The molecule has 0 radical (unpaired) electrons. The molecule has 2 aromatic heterocycles. The lowest BCUT2D eigenvalue weighted by Crippen LogP contribution is -2.38. The number of amides is 1. The molecule has 1 aromatic carbocycles. The van der Waals surface area contributed by atoms with Crippen LogP contribution in [0.15, 0.2) is 60.8 Å². The number of benzene rings is 1. The maximum Gasteiger partial charge on any atom is 0.366 e. The second kappa shape index (κ2) is 6.80. The van der Waals surface area contributed by atoms with Crippen molar-refractivity contribution in [3.05, 3.63) is 77.9 Å². The third-order valence-corrected chi connectivity index (χ3v) is 3.59. The Balaban J connectivity index is 1.67. The number of para-hydroxylation sites is 1. The fourth-order valence-electron chi connectivity index (χ4n) is 2.30. The van der Waals surface area contributed by atoms with Crippen molar-refractivity contribution < 1.29 is 13.6 Å². The number of nitrogens with one attached hydrogen (secondary N) is 1. The fourth-order valence-corrected chi connectivity index (χ4v) is 2.30. The topological polar surface area (TPSA) is 59.8 Å². The highest BCUT2D eigenvalue weighted by Gasteiger charge is 2.42. The summed E-state index contributed by atoms with van der Waals surface area (Å²) in [7, 11) is 0. The van der Waals surface area contributed by atoms with E-state index >= 15 is 0 Å². The number of pyridine rings is 1. The van der Waals surface area contributed by atoms with Crippen LogP contribution in [0.25, 0.3) is 5.69 Å². The molecule has 0 unspecified atom stereocenters. The zero-order valence-corrected chi connectivity index (χ0v) is 13.5. The van der Waals surface area contributed by atoms with Gasteiger partial charge in [0, 0.05) is 11.9 Å². The van der Waals surface area contributed by atoms with E-state index in [0.717, 1.165) is 11.8 Å². The molecule has 0 saturated carbocycles. The van der Waals surface area contributed by atoms with Gasteiger partial charge in [0.25, 0.3) is 5.91 Å². The number of hydrogen-bond acceptors (Lipinski definition) is 3. The van der Waals surface area contributed by atoms with Gasteiger partial charge in [0.1, 0.15) is 5.69 Å². The maximum absolute atomic E-state index is 14.2. The Morgan fingerprint density at radius 3 is 2.60 bits per heavy atom. The van der Waals surface area contributed by atoms with Crippen LogP contribution in [0, 0.1) is 6.92 Å². The molecule has 2 heterocycles. The number of carbonyl (C=O) groups is 1. The molecule has 128 valence electrons. The highest BCUT2D eigenvalue weighted by molar-refractivity contribution is 5.84. The van der Waals surface area contributed by atoms with Crippen LogP contribution in [0.4, 0.5) is 8.78 Å². The van der Waals surface area contributed by atoms with Crippen molar-refractivity contribution in [2.24, 2.45) is 0 Å². The molecule has 5 nitrogen and oxygen atoms in total. The largest absolute Gasteiger partial charge is 0.366 e. The molecule has 0 aliphatic rings. The van der Waals surface area contributed by atoms with E-state index in [1.807, 2.05) is 30.3 Å². The Morgan fingerprint density at radius 1 is 1.12 bits per heavy atom. The first-order chi connectivity index (χ1) is 12.0. The first-order valence-electron chi connectivity index (χ1n) is 7.67. The van der Waals surface area contributed by atoms with Crippen LogP contribution in [0.3, 0.4) is 0 Å². The average Bonchev–Trinajstić information content (AvgIpc) is 3.09. The van der Waals surface area contributed by atoms with Crippen LogP contribution < -0.4 is 5.32 Å². The van der Waals surface area contributed by atoms with Crippen molar-refractivity contribution in [1.29, 1.82) is 0 Å². The van der Waals surface area contributed by atoms with E-state index in [-0.39, 0.29) is 6.54 Å². The van der Waals surface area contributed by atoms with Gasteiger partial charge in [0.2, 0.25) is 0 Å². The van der Waals surface area contributed by atoms with Crippen LogP contribution in [0.2, 0.25) is 0 Å². The highest BCUT2D eigenvalue weighted by atomic mass is 19.3. The molecular formula is C18H16F2N4O. The van der Waals surface area contributed by atoms with Gasteiger partial charge < -0.3 is 5.32 Å². The van der Waals surface area contributed by atoms with Crippen LogP contribution in [0.5, 0.6) is 0 Å². The van der Waals surface area contributed by atoms with Gasteiger partial charge >= 0.3 is 5.92 Å². The maximum atomic E-state index is 14.2. The van der Waals surface area contributed by atoms with Gasteiger partial charge in [0.15, 0.2) is 0 Å². The lowest BCUT2D eigenvalue weighted by Gasteiger charge is -2.15. The van der Waals surface area contributed by atoms with Crippen LogP contribution >= 0.6 is 0 Å². The average molecular weight is 342 g/mol. The van der Waals surface area contributed by atoms with Crippen molar-refractivity contribution in [2.75, 3.05) is 0 Å². The van der Waals surface area contributed by atoms with E-state index in [4.69, 9.17) is 0 Å². The van der Waals surface area contributed by atoms with E-state index in [0.29, 0.717) is 11.4 Å². The van der Waals surface area contributed by atoms with Gasteiger partial charge in [-0.25, -0.2) is 4.68 Å². The van der Waals surface area contributed by atoms with Gasteiger partial charge in [0.05, 0.1) is 17.9 Å². The monoisotopic (exact) mass is 342 g/mol. The summed E-state index contributed by atoms with van der Waals surface area (Å²) in [4.78, 5) is 15.6. The number of rotatable bonds is 5. The molecule has 1 amide bonds. The molecule has 0 aliphatic carbocycles. The summed E-state index contributed by atoms with van der Waals surface area (Å²) >= 11 is 0. The summed E-state index contributed by atoms with van der Waals surface area (Å²) in [5.41, 5.74) is 1.17. The second-order valence-corrected chi connectivity index (χ2v) is 5.51. The van der Waals surface area contributed by atoms with Gasteiger partial charge in [-0.1, -0.05) is 24.3 Å². The minimum Gasteiger partial charge on any atom is -0.345 e. The van der Waals surface area contributed by atoms with Crippen LogP contribution in [-0.2, 0) is 17.3 Å². The van der Waals surface area contributed by atoms with Crippen molar-refractivity contribution in [2.45, 2.75) is 19.4 Å². The number of halogens is 2. The molecular weight excluding hydrogens is 326 g/mol. The highest BCUT2D eigenvalue weighted by Crippen LogP contribution is 2.26. The number of hydrogen-bond donors (Lipinski definition) is 1. The van der Waals surface area contributed by atoms with E-state index in [2.05, 4.69) is 15.4 Å². The van der Waals surface area contributed by atoms with Crippen molar-refractivity contribution in [3.63, 3.8) is 0 Å². The van der Waals surface area contributed by atoms with Gasteiger partial charge in [-0.05, 0) is 37.3 Å². The Kier molecular flexibility index (Phi) is 4.56. The van der Waals surface area contributed by atoms with Gasteiger partial charge in [-0.15, -0.1) is 0 Å². The first kappa shape index (κ1) is 16.8. The quantitative estimate of drug-likeness (QED) is 0.775. The molecule has 7 heteroatoms. The summed E-state index contributed by atoms with van der Waals surface area (Å²) in [6.45, 7) is 1.49. The van der Waals surface area contributed by atoms with E-state index in [1.165, 1.54) is 6.07 Å². The summed E-state index contributed by atoms with van der Waals surface area (Å²) < 4.78 is 30.0. The zero-order valence-electron chi connectivity index (χ0n) is 13.5. The number of carbonyl (C=O) groups excluding carboxylic acids is 1. The molecule has 1 N–H and O–H groups in total. The summed E-state index contributed by atoms with van der Waals surface area (Å²) in [6.07, 6.45) is 1.71. The molecule has 0 bridgehead atoms. The zero-order chi connectivity index (χ0) is 17.9. The Bertz CT molecular complexity index is 878. The molecule has 3 rings (SSSR count). The Morgan fingerprint density at radius 2 is 1.88 bits per heavy atom. The molecule has 3 aromatic rings. The molecule has 0 fully saturated rings. The third-order valence-electron chi connectivity index (χ3n) is 3.59. The SMILES string of the molecule is Cc1cccc(C(F)(F)C(=O)NCc2ccn(-c3ccccc3)n2)n1. The van der Waals surface area contributed by atoms with E-state index in [1.54, 1.807) is 29.9 Å². The first-order valence-corrected chi connectivity index (χ1v) is 7.67. The van der Waals surface area contributed by atoms with Crippen molar-refractivity contribution in [3.8, 4) is 5.69 Å². The van der Waals surface area contributed by atoms with Gasteiger partial charge in [-0.3, -0.25) is 9.78 Å². The smallest absolute Gasteiger partial charge is 0.345 e. The Labute approximate surface area is 143 Å². The number of nitrogens with zero attached hydrogens (tertiary/aromatic N) is 3. The van der Waals surface area contributed by atoms with Crippen molar-refractivity contribution in [1.82, 2.24) is 20.1 Å². The number of alkyl halides is 2. The molecule has 0 saturated heterocycles. The summed E-state index contributed by atoms with van der Waals surface area (Å²) in [5, 5.41) is 6.48. The summed E-state index contributed by atoms with van der Waals surface area (Å²) in [5.74, 6) is -5.10. The normalized spacial score (nSPS) is 11.3. The molecule has 0 atom stereocenters. The molecule has 0 aliphatic heterocycles. The molecule has 0 spiro atoms. The van der Waals surface area contributed by atoms with Gasteiger partial charge in [-0.2, -0.15) is 13.9 Å². The number of aryl methyl sites for hydroxylation is 1. The van der Waals surface area contributed by atoms with E-state index < -0.39 is 17.5 Å². The second-order valence-electron chi connectivity index (χ2n) is 5.51. The minimum atomic E-state index is -3.70. The number of aromatic nitrogens is 3.